The van der Waals surface area contributed by atoms with Gasteiger partial charge in [0.1, 0.15) is 0 Å². The molecule has 1 amide bonds. The number of nitrogens with zero attached hydrogens (tertiary/aromatic N) is 3. The number of aliphatic hydroxyl groups is 1. The Bertz CT molecular complexity index is 433. The molecule has 6 nitrogen and oxygen atoms in total. The average Bonchev–Trinajstić information content (AvgIpc) is 2.81. The Hall–Kier alpha value is -1.43. The molecule has 1 aliphatic rings. The Morgan fingerprint density at radius 1 is 1.47 bits per heavy atom. The minimum Gasteiger partial charge on any atom is -0.391 e. The van der Waals surface area contributed by atoms with Crippen molar-refractivity contribution in [3.63, 3.8) is 0 Å². The van der Waals surface area contributed by atoms with Gasteiger partial charge in [-0.1, -0.05) is 18.0 Å². The third-order valence-electron chi connectivity index (χ3n) is 3.71. The molecular formula is C13H21N3O3. The molecule has 0 aliphatic heterocycles. The minimum atomic E-state index is -0.395. The highest BCUT2D eigenvalue weighted by molar-refractivity contribution is 5.76. The molecule has 0 radical (unpaired) electrons. The van der Waals surface area contributed by atoms with Gasteiger partial charge >= 0.3 is 0 Å². The number of carbonyl (C=O) groups excluding carboxylic acids is 1. The van der Waals surface area contributed by atoms with Crippen molar-refractivity contribution in [3.05, 3.63) is 11.7 Å². The van der Waals surface area contributed by atoms with Gasteiger partial charge in [-0.05, 0) is 19.8 Å². The van der Waals surface area contributed by atoms with Crippen LogP contribution >= 0.6 is 0 Å². The topological polar surface area (TPSA) is 79.5 Å². The number of rotatable bonds is 4. The smallest absolute Gasteiger partial charge is 0.227 e. The van der Waals surface area contributed by atoms with Crippen molar-refractivity contribution in [1.82, 2.24) is 15.0 Å². The zero-order valence-corrected chi connectivity index (χ0v) is 11.5. The van der Waals surface area contributed by atoms with E-state index in [0.29, 0.717) is 24.6 Å². The second-order valence-corrected chi connectivity index (χ2v) is 5.16. The predicted molar refractivity (Wildman–Crippen MR) is 68.4 cm³/mol. The highest BCUT2D eigenvalue weighted by atomic mass is 16.5. The molecule has 1 fully saturated rings. The van der Waals surface area contributed by atoms with Crippen molar-refractivity contribution in [2.45, 2.75) is 57.6 Å². The molecule has 0 bridgehead atoms. The van der Waals surface area contributed by atoms with E-state index < -0.39 is 6.10 Å². The van der Waals surface area contributed by atoms with E-state index in [-0.39, 0.29) is 11.9 Å². The Kier molecular flexibility index (Phi) is 4.52. The van der Waals surface area contributed by atoms with Crippen molar-refractivity contribution < 1.29 is 14.4 Å². The van der Waals surface area contributed by atoms with Gasteiger partial charge in [0.25, 0.3) is 0 Å². The summed E-state index contributed by atoms with van der Waals surface area (Å²) in [6.45, 7) is 1.75. The second kappa shape index (κ2) is 6.14. The lowest BCUT2D eigenvalue weighted by molar-refractivity contribution is -0.135. The van der Waals surface area contributed by atoms with Crippen LogP contribution in [0.15, 0.2) is 4.52 Å². The molecular weight excluding hydrogens is 246 g/mol. The molecule has 19 heavy (non-hydrogen) atoms. The standard InChI is InChI=1S/C13H21N3O3/c1-9-14-12(19-15-9)7-8-13(18)16(2)10-5-3-4-6-11(10)17/h10-11,17H,3-8H2,1-2H3. The SMILES string of the molecule is Cc1noc(CCC(=O)N(C)C2CCCCC2O)n1. The summed E-state index contributed by atoms with van der Waals surface area (Å²) in [6.07, 6.45) is 4.17. The van der Waals surface area contributed by atoms with Crippen LogP contribution in [-0.2, 0) is 11.2 Å². The molecule has 2 atom stereocenters. The van der Waals surface area contributed by atoms with Crippen LogP contribution in [0, 0.1) is 6.92 Å². The van der Waals surface area contributed by atoms with E-state index in [2.05, 4.69) is 10.1 Å². The van der Waals surface area contributed by atoms with Crippen LogP contribution < -0.4 is 0 Å². The van der Waals surface area contributed by atoms with E-state index in [1.807, 2.05) is 0 Å². The fourth-order valence-electron chi connectivity index (χ4n) is 2.56. The Morgan fingerprint density at radius 2 is 2.21 bits per heavy atom. The van der Waals surface area contributed by atoms with Gasteiger partial charge in [0.15, 0.2) is 5.82 Å². The molecule has 2 unspecified atom stereocenters. The van der Waals surface area contributed by atoms with E-state index in [1.54, 1.807) is 18.9 Å². The Labute approximate surface area is 112 Å². The van der Waals surface area contributed by atoms with Crippen LogP contribution in [0.4, 0.5) is 0 Å². The Morgan fingerprint density at radius 3 is 2.84 bits per heavy atom. The lowest BCUT2D eigenvalue weighted by atomic mass is 9.91. The van der Waals surface area contributed by atoms with Crippen molar-refractivity contribution in [2.24, 2.45) is 0 Å². The summed E-state index contributed by atoms with van der Waals surface area (Å²) in [5, 5.41) is 13.6. The molecule has 1 N–H and O–H groups in total. The lowest BCUT2D eigenvalue weighted by Gasteiger charge is -2.35. The second-order valence-electron chi connectivity index (χ2n) is 5.16. The first-order valence-electron chi connectivity index (χ1n) is 6.81. The van der Waals surface area contributed by atoms with Gasteiger partial charge in [-0.15, -0.1) is 0 Å². The molecule has 1 aliphatic carbocycles. The van der Waals surface area contributed by atoms with Crippen LogP contribution in [-0.4, -0.2) is 45.2 Å². The van der Waals surface area contributed by atoms with Crippen molar-refractivity contribution in [1.29, 1.82) is 0 Å². The van der Waals surface area contributed by atoms with Gasteiger partial charge in [0.2, 0.25) is 11.8 Å². The minimum absolute atomic E-state index is 0.0156. The molecule has 1 heterocycles. The summed E-state index contributed by atoms with van der Waals surface area (Å²) < 4.78 is 4.98. The first-order chi connectivity index (χ1) is 9.08. The number of hydrogen-bond donors (Lipinski definition) is 1. The first kappa shape index (κ1) is 14.0. The summed E-state index contributed by atoms with van der Waals surface area (Å²) in [6, 6.07) is -0.0503. The zero-order chi connectivity index (χ0) is 13.8. The van der Waals surface area contributed by atoms with Gasteiger partial charge in [0.05, 0.1) is 12.1 Å². The molecule has 1 aromatic heterocycles. The van der Waals surface area contributed by atoms with Crippen molar-refractivity contribution in [2.75, 3.05) is 7.05 Å². The molecule has 0 spiro atoms. The normalized spacial score (nSPS) is 23.3. The molecule has 0 saturated heterocycles. The van der Waals surface area contributed by atoms with Crippen LogP contribution in [0.2, 0.25) is 0 Å². The summed E-state index contributed by atoms with van der Waals surface area (Å²) in [5.74, 6) is 1.09. The third-order valence-corrected chi connectivity index (χ3v) is 3.71. The monoisotopic (exact) mass is 267 g/mol. The van der Waals surface area contributed by atoms with Crippen molar-refractivity contribution >= 4 is 5.91 Å². The van der Waals surface area contributed by atoms with Crippen LogP contribution in [0.3, 0.4) is 0 Å². The van der Waals surface area contributed by atoms with E-state index in [4.69, 9.17) is 4.52 Å². The highest BCUT2D eigenvalue weighted by Crippen LogP contribution is 2.22. The lowest BCUT2D eigenvalue weighted by Crippen LogP contribution is -2.46. The van der Waals surface area contributed by atoms with Crippen LogP contribution in [0.25, 0.3) is 0 Å². The Balaban J connectivity index is 1.84. The molecule has 1 aromatic rings. The summed E-state index contributed by atoms with van der Waals surface area (Å²) >= 11 is 0. The third kappa shape index (κ3) is 3.53. The molecule has 106 valence electrons. The van der Waals surface area contributed by atoms with Gasteiger partial charge in [-0.2, -0.15) is 4.98 Å². The molecule has 6 heteroatoms. The van der Waals surface area contributed by atoms with E-state index in [9.17, 15) is 9.90 Å². The fourth-order valence-corrected chi connectivity index (χ4v) is 2.56. The maximum Gasteiger partial charge on any atom is 0.227 e. The van der Waals surface area contributed by atoms with Crippen molar-refractivity contribution in [3.8, 4) is 0 Å². The number of amides is 1. The van der Waals surface area contributed by atoms with E-state index >= 15 is 0 Å². The number of aliphatic hydroxyl groups excluding tert-OH is 1. The predicted octanol–water partition coefficient (Wildman–Crippen LogP) is 1.07. The fraction of sp³-hybridized carbons (Fsp3) is 0.769. The average molecular weight is 267 g/mol. The molecule has 1 saturated carbocycles. The maximum atomic E-state index is 12.1. The van der Waals surface area contributed by atoms with E-state index in [1.165, 1.54) is 0 Å². The summed E-state index contributed by atoms with van der Waals surface area (Å²) in [5.41, 5.74) is 0. The number of aromatic nitrogens is 2. The number of carbonyl (C=O) groups is 1. The van der Waals surface area contributed by atoms with Gasteiger partial charge in [-0.25, -0.2) is 0 Å². The summed E-state index contributed by atoms with van der Waals surface area (Å²) in [7, 11) is 1.76. The van der Waals surface area contributed by atoms with Gasteiger partial charge < -0.3 is 14.5 Å². The maximum absolute atomic E-state index is 12.1. The van der Waals surface area contributed by atoms with Crippen LogP contribution in [0.5, 0.6) is 0 Å². The largest absolute Gasteiger partial charge is 0.391 e. The molecule has 0 aromatic carbocycles. The highest BCUT2D eigenvalue weighted by Gasteiger charge is 2.29. The number of likely N-dealkylation sites (N-methyl/N-ethyl adjacent to an activating group) is 1. The first-order valence-corrected chi connectivity index (χ1v) is 6.81. The zero-order valence-electron chi connectivity index (χ0n) is 11.5. The van der Waals surface area contributed by atoms with E-state index in [0.717, 1.165) is 25.7 Å². The quantitative estimate of drug-likeness (QED) is 0.882. The summed E-state index contributed by atoms with van der Waals surface area (Å²) in [4.78, 5) is 17.8. The number of aryl methyl sites for hydroxylation is 2. The van der Waals surface area contributed by atoms with Gasteiger partial charge in [0, 0.05) is 19.9 Å². The molecule has 2 rings (SSSR count). The van der Waals surface area contributed by atoms with Crippen LogP contribution in [0.1, 0.15) is 43.8 Å². The van der Waals surface area contributed by atoms with Gasteiger partial charge in [-0.3, -0.25) is 4.79 Å². The number of hydrogen-bond acceptors (Lipinski definition) is 5.